The van der Waals surface area contributed by atoms with Gasteiger partial charge in [-0.3, -0.25) is 4.98 Å². The fourth-order valence-electron chi connectivity index (χ4n) is 2.55. The van der Waals surface area contributed by atoms with Gasteiger partial charge in [-0.1, -0.05) is 30.7 Å². The molecule has 0 fully saturated rings. The molecule has 0 aliphatic rings. The van der Waals surface area contributed by atoms with E-state index in [0.29, 0.717) is 6.42 Å². The van der Waals surface area contributed by atoms with Crippen LogP contribution in [0.25, 0.3) is 0 Å². The summed E-state index contributed by atoms with van der Waals surface area (Å²) >= 11 is 6.07. The van der Waals surface area contributed by atoms with Gasteiger partial charge >= 0.3 is 0 Å². The fourth-order valence-corrected chi connectivity index (χ4v) is 2.75. The van der Waals surface area contributed by atoms with E-state index in [0.717, 1.165) is 29.1 Å². The van der Waals surface area contributed by atoms with E-state index in [9.17, 15) is 4.39 Å². The van der Waals surface area contributed by atoms with E-state index in [1.54, 1.807) is 6.07 Å². The van der Waals surface area contributed by atoms with Gasteiger partial charge in [0.05, 0.1) is 5.02 Å². The molecule has 1 aromatic carbocycles. The summed E-state index contributed by atoms with van der Waals surface area (Å²) in [7, 11) is 0. The highest BCUT2D eigenvalue weighted by Gasteiger charge is 2.15. The highest BCUT2D eigenvalue weighted by atomic mass is 35.5. The average Bonchev–Trinajstić information content (AvgIpc) is 2.42. The minimum atomic E-state index is -0.369. The number of rotatable bonds is 5. The third-order valence-electron chi connectivity index (χ3n) is 3.41. The van der Waals surface area contributed by atoms with E-state index in [1.807, 2.05) is 19.9 Å². The molecule has 0 bridgehead atoms. The van der Waals surface area contributed by atoms with Gasteiger partial charge in [0.15, 0.2) is 0 Å². The molecule has 0 amide bonds. The van der Waals surface area contributed by atoms with Gasteiger partial charge in [-0.25, -0.2) is 4.39 Å². The molecule has 0 spiro atoms. The highest BCUT2D eigenvalue weighted by Crippen LogP contribution is 2.26. The Labute approximate surface area is 130 Å². The normalized spacial score (nSPS) is 12.4. The summed E-state index contributed by atoms with van der Waals surface area (Å²) in [6.07, 6.45) is 0.646. The Morgan fingerprint density at radius 1 is 1.24 bits per heavy atom. The smallest absolute Gasteiger partial charge is 0.142 e. The Bertz CT molecular complexity index is 608. The molecule has 4 heteroatoms. The maximum Gasteiger partial charge on any atom is 0.142 e. The summed E-state index contributed by atoms with van der Waals surface area (Å²) in [4.78, 5) is 4.40. The lowest BCUT2D eigenvalue weighted by Crippen LogP contribution is -2.23. The van der Waals surface area contributed by atoms with Crippen molar-refractivity contribution in [3.8, 4) is 0 Å². The van der Waals surface area contributed by atoms with Crippen LogP contribution in [0.5, 0.6) is 0 Å². The summed E-state index contributed by atoms with van der Waals surface area (Å²) in [5, 5.41) is 3.65. The van der Waals surface area contributed by atoms with Gasteiger partial charge in [0.2, 0.25) is 0 Å². The molecule has 1 aromatic heterocycles. The van der Waals surface area contributed by atoms with Crippen molar-refractivity contribution in [1.29, 1.82) is 0 Å². The van der Waals surface area contributed by atoms with E-state index >= 15 is 0 Å². The number of nitrogens with one attached hydrogen (secondary N) is 1. The van der Waals surface area contributed by atoms with Crippen LogP contribution in [0.1, 0.15) is 35.5 Å². The van der Waals surface area contributed by atoms with Crippen molar-refractivity contribution >= 4 is 11.6 Å². The zero-order valence-corrected chi connectivity index (χ0v) is 13.3. The van der Waals surface area contributed by atoms with Crippen molar-refractivity contribution in [3.05, 3.63) is 63.7 Å². The highest BCUT2D eigenvalue weighted by molar-refractivity contribution is 6.31. The number of nitrogens with zero attached hydrogens (tertiary/aromatic N) is 1. The van der Waals surface area contributed by atoms with E-state index in [2.05, 4.69) is 29.4 Å². The molecule has 2 aromatic rings. The fraction of sp³-hybridized carbons (Fsp3) is 0.353. The monoisotopic (exact) mass is 306 g/mol. The van der Waals surface area contributed by atoms with Crippen LogP contribution in [0.2, 0.25) is 5.02 Å². The van der Waals surface area contributed by atoms with Crippen molar-refractivity contribution in [2.45, 2.75) is 33.2 Å². The molecular formula is C17H20ClFN2. The van der Waals surface area contributed by atoms with Gasteiger partial charge < -0.3 is 5.32 Å². The molecule has 21 heavy (non-hydrogen) atoms. The lowest BCUT2D eigenvalue weighted by Gasteiger charge is -2.20. The first-order valence-electron chi connectivity index (χ1n) is 7.12. The molecule has 0 aliphatic heterocycles. The second kappa shape index (κ2) is 7.01. The quantitative estimate of drug-likeness (QED) is 0.886. The van der Waals surface area contributed by atoms with Crippen molar-refractivity contribution in [3.63, 3.8) is 0 Å². The van der Waals surface area contributed by atoms with E-state index in [-0.39, 0.29) is 16.9 Å². The molecule has 0 saturated carbocycles. The van der Waals surface area contributed by atoms with Crippen LogP contribution >= 0.6 is 11.6 Å². The van der Waals surface area contributed by atoms with Gasteiger partial charge in [0, 0.05) is 17.4 Å². The van der Waals surface area contributed by atoms with Crippen LogP contribution in [0.15, 0.2) is 30.3 Å². The number of likely N-dealkylation sites (N-methyl/N-ethyl adjacent to an activating group) is 1. The molecule has 2 nitrogen and oxygen atoms in total. The van der Waals surface area contributed by atoms with Crippen LogP contribution in [-0.2, 0) is 6.42 Å². The van der Waals surface area contributed by atoms with E-state index in [1.165, 1.54) is 6.07 Å². The second-order valence-electron chi connectivity index (χ2n) is 5.21. The summed E-state index contributed by atoms with van der Waals surface area (Å²) in [5.41, 5.74) is 3.94. The third kappa shape index (κ3) is 4.02. The largest absolute Gasteiger partial charge is 0.310 e. The predicted octanol–water partition coefficient (Wildman–Crippen LogP) is 4.38. The zero-order valence-electron chi connectivity index (χ0n) is 12.6. The maximum absolute atomic E-state index is 13.6. The van der Waals surface area contributed by atoms with Gasteiger partial charge in [0.1, 0.15) is 5.82 Å². The molecule has 1 N–H and O–H groups in total. The Hall–Kier alpha value is -1.45. The molecule has 1 unspecified atom stereocenters. The minimum absolute atomic E-state index is 0.0923. The molecule has 2 rings (SSSR count). The predicted molar refractivity (Wildman–Crippen MR) is 85.2 cm³/mol. The Morgan fingerprint density at radius 3 is 2.52 bits per heavy atom. The molecule has 0 radical (unpaired) electrons. The number of hydrogen-bond acceptors (Lipinski definition) is 2. The number of aryl methyl sites for hydroxylation is 2. The lowest BCUT2D eigenvalue weighted by molar-refractivity contribution is 0.545. The molecule has 0 aliphatic carbocycles. The van der Waals surface area contributed by atoms with Crippen molar-refractivity contribution in [1.82, 2.24) is 10.3 Å². The summed E-state index contributed by atoms with van der Waals surface area (Å²) in [6, 6.07) is 9.17. The number of halogens is 2. The topological polar surface area (TPSA) is 24.9 Å². The van der Waals surface area contributed by atoms with Crippen molar-refractivity contribution < 1.29 is 4.39 Å². The summed E-state index contributed by atoms with van der Waals surface area (Å²) in [6.45, 7) is 6.85. The van der Waals surface area contributed by atoms with Crippen molar-refractivity contribution in [2.75, 3.05) is 6.54 Å². The average molecular weight is 307 g/mol. The number of benzene rings is 1. The Kier molecular flexibility index (Phi) is 5.32. The first kappa shape index (κ1) is 15.9. The second-order valence-corrected chi connectivity index (χ2v) is 5.59. The van der Waals surface area contributed by atoms with Gasteiger partial charge in [0.25, 0.3) is 0 Å². The number of pyridine rings is 1. The molecular weight excluding hydrogens is 287 g/mol. The zero-order chi connectivity index (χ0) is 15.4. The first-order valence-corrected chi connectivity index (χ1v) is 7.50. The Balaban J connectivity index is 2.32. The summed E-state index contributed by atoms with van der Waals surface area (Å²) < 4.78 is 13.6. The van der Waals surface area contributed by atoms with E-state index < -0.39 is 0 Å². The van der Waals surface area contributed by atoms with Gasteiger partial charge in [-0.15, -0.1) is 0 Å². The Morgan fingerprint density at radius 2 is 1.90 bits per heavy atom. The van der Waals surface area contributed by atoms with Gasteiger partial charge in [-0.05, 0) is 56.1 Å². The van der Waals surface area contributed by atoms with Crippen LogP contribution < -0.4 is 5.32 Å². The third-order valence-corrected chi connectivity index (χ3v) is 3.84. The summed E-state index contributed by atoms with van der Waals surface area (Å²) in [5.74, 6) is -0.369. The first-order chi connectivity index (χ1) is 10.0. The van der Waals surface area contributed by atoms with Crippen molar-refractivity contribution in [2.24, 2.45) is 0 Å². The minimum Gasteiger partial charge on any atom is -0.310 e. The van der Waals surface area contributed by atoms with Gasteiger partial charge in [-0.2, -0.15) is 0 Å². The standard InChI is InChI=1S/C17H20ClFN2/c1-4-20-16(14-8-11(2)21-12(3)9-14)10-13-6-5-7-15(19)17(13)18/h5-9,16,20H,4,10H2,1-3H3. The molecule has 1 heterocycles. The van der Waals surface area contributed by atoms with Crippen LogP contribution in [0, 0.1) is 19.7 Å². The number of aromatic nitrogens is 1. The maximum atomic E-state index is 13.6. The van der Waals surface area contributed by atoms with Crippen LogP contribution in [0.4, 0.5) is 4.39 Å². The molecule has 1 atom stereocenters. The lowest BCUT2D eigenvalue weighted by atomic mass is 9.98. The van der Waals surface area contributed by atoms with E-state index in [4.69, 9.17) is 11.6 Å². The SMILES string of the molecule is CCNC(Cc1cccc(F)c1Cl)c1cc(C)nc(C)c1. The van der Waals surface area contributed by atoms with Crippen LogP contribution in [0.3, 0.4) is 0 Å². The van der Waals surface area contributed by atoms with Crippen LogP contribution in [-0.4, -0.2) is 11.5 Å². The molecule has 112 valence electrons. The molecule has 0 saturated heterocycles. The number of hydrogen-bond donors (Lipinski definition) is 1.